The summed E-state index contributed by atoms with van der Waals surface area (Å²) in [5.41, 5.74) is 3.90. The molecule has 0 atom stereocenters. The molecule has 2 rings (SSSR count). The summed E-state index contributed by atoms with van der Waals surface area (Å²) >= 11 is 5.99. The van der Waals surface area contributed by atoms with Gasteiger partial charge >= 0.3 is 0 Å². The van der Waals surface area contributed by atoms with E-state index in [-0.39, 0.29) is 0 Å². The fourth-order valence-corrected chi connectivity index (χ4v) is 2.01. The molecule has 2 heteroatoms. The third kappa shape index (κ3) is 2.83. The SMILES string of the molecule is Cc1cc(/C=C2/CCCNC2)ccc1Cl. The Morgan fingerprint density at radius 3 is 2.93 bits per heavy atom. The highest BCUT2D eigenvalue weighted by Gasteiger charge is 2.04. The number of rotatable bonds is 1. The van der Waals surface area contributed by atoms with Gasteiger partial charge in [0.2, 0.25) is 0 Å². The van der Waals surface area contributed by atoms with Gasteiger partial charge in [0, 0.05) is 11.6 Å². The van der Waals surface area contributed by atoms with E-state index >= 15 is 0 Å². The van der Waals surface area contributed by atoms with Crippen molar-refractivity contribution in [3.63, 3.8) is 0 Å². The molecule has 0 aliphatic carbocycles. The van der Waals surface area contributed by atoms with Crippen molar-refractivity contribution in [1.29, 1.82) is 0 Å². The maximum Gasteiger partial charge on any atom is 0.0435 e. The molecule has 0 aromatic heterocycles. The summed E-state index contributed by atoms with van der Waals surface area (Å²) in [6.07, 6.45) is 4.74. The van der Waals surface area contributed by atoms with Gasteiger partial charge in [-0.3, -0.25) is 0 Å². The first-order valence-corrected chi connectivity index (χ1v) is 5.80. The summed E-state index contributed by atoms with van der Waals surface area (Å²) in [5, 5.41) is 4.23. The van der Waals surface area contributed by atoms with Crippen molar-refractivity contribution in [3.05, 3.63) is 39.9 Å². The zero-order valence-electron chi connectivity index (χ0n) is 9.02. The zero-order valence-corrected chi connectivity index (χ0v) is 9.77. The van der Waals surface area contributed by atoms with Gasteiger partial charge in [0.15, 0.2) is 0 Å². The van der Waals surface area contributed by atoms with E-state index in [0.717, 1.165) is 23.7 Å². The van der Waals surface area contributed by atoms with E-state index in [1.54, 1.807) is 0 Å². The van der Waals surface area contributed by atoms with E-state index in [4.69, 9.17) is 11.6 Å². The van der Waals surface area contributed by atoms with Crippen molar-refractivity contribution in [1.82, 2.24) is 5.32 Å². The first kappa shape index (κ1) is 10.7. The predicted molar refractivity (Wildman–Crippen MR) is 66.3 cm³/mol. The summed E-state index contributed by atoms with van der Waals surface area (Å²) in [4.78, 5) is 0. The van der Waals surface area contributed by atoms with Crippen molar-refractivity contribution in [2.75, 3.05) is 13.1 Å². The standard InChI is InChI=1S/C13H16ClN/c1-10-7-11(4-5-13(10)14)8-12-3-2-6-15-9-12/h4-5,7-8,15H,2-3,6,9H2,1H3/b12-8-. The third-order valence-corrected chi connectivity index (χ3v) is 3.18. The van der Waals surface area contributed by atoms with Gasteiger partial charge in [0.25, 0.3) is 0 Å². The van der Waals surface area contributed by atoms with Crippen LogP contribution in [0.1, 0.15) is 24.0 Å². The van der Waals surface area contributed by atoms with Crippen molar-refractivity contribution in [2.24, 2.45) is 0 Å². The van der Waals surface area contributed by atoms with Crippen LogP contribution in [0.3, 0.4) is 0 Å². The molecule has 0 unspecified atom stereocenters. The lowest BCUT2D eigenvalue weighted by Gasteiger charge is -2.15. The molecule has 1 fully saturated rings. The molecular weight excluding hydrogens is 206 g/mol. The van der Waals surface area contributed by atoms with E-state index in [1.807, 2.05) is 13.0 Å². The lowest BCUT2D eigenvalue weighted by atomic mass is 10.0. The molecule has 1 saturated heterocycles. The second-order valence-corrected chi connectivity index (χ2v) is 4.50. The Labute approximate surface area is 96.1 Å². The normalized spacial score (nSPS) is 19.5. The van der Waals surface area contributed by atoms with Crippen LogP contribution in [-0.2, 0) is 0 Å². The molecule has 1 N–H and O–H groups in total. The Morgan fingerprint density at radius 2 is 2.27 bits per heavy atom. The molecule has 1 heterocycles. The van der Waals surface area contributed by atoms with Crippen LogP contribution < -0.4 is 5.32 Å². The number of nitrogens with one attached hydrogen (secondary N) is 1. The molecule has 1 aromatic rings. The largest absolute Gasteiger partial charge is 0.313 e. The van der Waals surface area contributed by atoms with Crippen molar-refractivity contribution in [2.45, 2.75) is 19.8 Å². The molecule has 80 valence electrons. The first-order valence-electron chi connectivity index (χ1n) is 5.42. The molecule has 1 nitrogen and oxygen atoms in total. The number of hydrogen-bond donors (Lipinski definition) is 1. The van der Waals surface area contributed by atoms with Gasteiger partial charge in [-0.05, 0) is 43.5 Å². The van der Waals surface area contributed by atoms with Gasteiger partial charge < -0.3 is 5.32 Å². The Hall–Kier alpha value is -0.790. The second kappa shape index (κ2) is 4.82. The maximum absolute atomic E-state index is 5.99. The number of hydrogen-bond acceptors (Lipinski definition) is 1. The molecule has 1 aliphatic heterocycles. The minimum atomic E-state index is 0.846. The Morgan fingerprint density at radius 1 is 1.40 bits per heavy atom. The number of aryl methyl sites for hydroxylation is 1. The van der Waals surface area contributed by atoms with Crippen LogP contribution in [0.5, 0.6) is 0 Å². The van der Waals surface area contributed by atoms with Crippen LogP contribution in [0, 0.1) is 6.92 Å². The molecular formula is C13H16ClN. The maximum atomic E-state index is 5.99. The number of halogens is 1. The molecule has 0 spiro atoms. The van der Waals surface area contributed by atoms with Gasteiger partial charge in [-0.1, -0.05) is 35.4 Å². The minimum absolute atomic E-state index is 0.846. The van der Waals surface area contributed by atoms with Crippen LogP contribution in [0.2, 0.25) is 5.02 Å². The summed E-state index contributed by atoms with van der Waals surface area (Å²) in [6.45, 7) is 4.22. The monoisotopic (exact) mass is 221 g/mol. The Kier molecular flexibility index (Phi) is 3.45. The van der Waals surface area contributed by atoms with E-state index in [1.165, 1.54) is 24.0 Å². The fraction of sp³-hybridized carbons (Fsp3) is 0.385. The zero-order chi connectivity index (χ0) is 10.7. The summed E-state index contributed by atoms with van der Waals surface area (Å²) in [6, 6.07) is 6.19. The van der Waals surface area contributed by atoms with Crippen LogP contribution in [-0.4, -0.2) is 13.1 Å². The highest BCUT2D eigenvalue weighted by Crippen LogP contribution is 2.19. The van der Waals surface area contributed by atoms with Crippen LogP contribution in [0.25, 0.3) is 6.08 Å². The van der Waals surface area contributed by atoms with Gasteiger partial charge in [-0.2, -0.15) is 0 Å². The molecule has 0 radical (unpaired) electrons. The lowest BCUT2D eigenvalue weighted by molar-refractivity contribution is 0.613. The quantitative estimate of drug-likeness (QED) is 0.767. The third-order valence-electron chi connectivity index (χ3n) is 2.76. The molecule has 0 bridgehead atoms. The lowest BCUT2D eigenvalue weighted by Crippen LogP contribution is -2.23. The second-order valence-electron chi connectivity index (χ2n) is 4.09. The smallest absolute Gasteiger partial charge is 0.0435 e. The molecule has 0 amide bonds. The van der Waals surface area contributed by atoms with Crippen LogP contribution in [0.4, 0.5) is 0 Å². The van der Waals surface area contributed by atoms with Crippen LogP contribution >= 0.6 is 11.6 Å². The van der Waals surface area contributed by atoms with Gasteiger partial charge in [0.05, 0.1) is 0 Å². The topological polar surface area (TPSA) is 12.0 Å². The van der Waals surface area contributed by atoms with Crippen molar-refractivity contribution < 1.29 is 0 Å². The van der Waals surface area contributed by atoms with Gasteiger partial charge in [-0.15, -0.1) is 0 Å². The highest BCUT2D eigenvalue weighted by molar-refractivity contribution is 6.31. The van der Waals surface area contributed by atoms with Gasteiger partial charge in [-0.25, -0.2) is 0 Å². The minimum Gasteiger partial charge on any atom is -0.313 e. The predicted octanol–water partition coefficient (Wildman–Crippen LogP) is 3.42. The molecule has 15 heavy (non-hydrogen) atoms. The first-order chi connectivity index (χ1) is 7.25. The average molecular weight is 222 g/mol. The van der Waals surface area contributed by atoms with E-state index in [0.29, 0.717) is 0 Å². The number of benzene rings is 1. The van der Waals surface area contributed by atoms with Crippen LogP contribution in [0.15, 0.2) is 23.8 Å². The Balaban J connectivity index is 2.18. The average Bonchev–Trinajstić information content (AvgIpc) is 2.25. The number of piperidine rings is 1. The molecule has 0 saturated carbocycles. The van der Waals surface area contributed by atoms with E-state index < -0.39 is 0 Å². The summed E-state index contributed by atoms with van der Waals surface area (Å²) < 4.78 is 0. The highest BCUT2D eigenvalue weighted by atomic mass is 35.5. The summed E-state index contributed by atoms with van der Waals surface area (Å²) in [7, 11) is 0. The fourth-order valence-electron chi connectivity index (χ4n) is 1.89. The van der Waals surface area contributed by atoms with Gasteiger partial charge in [0.1, 0.15) is 0 Å². The van der Waals surface area contributed by atoms with Crippen molar-refractivity contribution >= 4 is 17.7 Å². The van der Waals surface area contributed by atoms with Crippen molar-refractivity contribution in [3.8, 4) is 0 Å². The Bertz CT molecular complexity index is 374. The van der Waals surface area contributed by atoms with E-state index in [2.05, 4.69) is 23.5 Å². The summed E-state index contributed by atoms with van der Waals surface area (Å²) in [5.74, 6) is 0. The van der Waals surface area contributed by atoms with E-state index in [9.17, 15) is 0 Å². The molecule has 1 aromatic carbocycles. The molecule has 1 aliphatic rings.